The molecule has 0 fully saturated rings. The van der Waals surface area contributed by atoms with Gasteiger partial charge in [-0.05, 0) is 0 Å². The molecule has 0 aromatic heterocycles. The summed E-state index contributed by atoms with van der Waals surface area (Å²) >= 11 is 5.27. The number of nitrogens with two attached hydrogens (primary N) is 1. The quantitative estimate of drug-likeness (QED) is 0.446. The molecule has 0 heterocycles. The average molecular weight is 161 g/mol. The van der Waals surface area contributed by atoms with E-state index in [1.165, 1.54) is 0 Å². The van der Waals surface area contributed by atoms with Crippen molar-refractivity contribution in [1.29, 1.82) is 10.8 Å². The lowest BCUT2D eigenvalue weighted by atomic mass is 10.3. The van der Waals surface area contributed by atoms with Gasteiger partial charge in [0.1, 0.15) is 11.0 Å². The van der Waals surface area contributed by atoms with E-state index in [1.54, 1.807) is 7.05 Å². The van der Waals surface area contributed by atoms with Crippen LogP contribution in [0.2, 0.25) is 0 Å². The van der Waals surface area contributed by atoms with Crippen molar-refractivity contribution in [2.24, 2.45) is 5.73 Å². The van der Waals surface area contributed by atoms with E-state index >= 15 is 0 Å². The Morgan fingerprint density at radius 3 is 2.30 bits per heavy atom. The first-order valence-electron chi connectivity index (χ1n) is 2.56. The van der Waals surface area contributed by atoms with Crippen LogP contribution in [0.25, 0.3) is 0 Å². The molecule has 0 saturated carbocycles. The Balaban J connectivity index is 4.62. The summed E-state index contributed by atoms with van der Waals surface area (Å²) in [6.07, 6.45) is 0.932. The highest BCUT2D eigenvalue weighted by Crippen LogP contribution is 1.98. The molecule has 0 aromatic carbocycles. The molecule has 0 amide bonds. The van der Waals surface area contributed by atoms with Gasteiger partial charge in [0.25, 0.3) is 0 Å². The topological polar surface area (TPSA) is 85.8 Å². The molecule has 0 spiro atoms. The van der Waals surface area contributed by atoms with Crippen molar-refractivity contribution in [3.8, 4) is 0 Å². The maximum absolute atomic E-state index is 6.92. The Bertz CT molecular complexity index is 184. The molecule has 5 heteroatoms. The summed E-state index contributed by atoms with van der Waals surface area (Å²) in [6.45, 7) is 0. The number of hydrogen-bond acceptors (Lipinski definition) is 4. The number of hydrogen-bond donors (Lipinski definition) is 4. The molecule has 0 atom stereocenters. The minimum absolute atomic E-state index is 0.198. The van der Waals surface area contributed by atoms with Crippen LogP contribution in [-0.2, 0) is 0 Å². The van der Waals surface area contributed by atoms with E-state index in [9.17, 15) is 0 Å². The minimum Gasteiger partial charge on any atom is -0.385 e. The van der Waals surface area contributed by atoms with Crippen LogP contribution >= 0.6 is 11.6 Å². The van der Waals surface area contributed by atoms with Gasteiger partial charge >= 0.3 is 0 Å². The summed E-state index contributed by atoms with van der Waals surface area (Å²) < 4.78 is 0. The highest BCUT2D eigenvalue weighted by Gasteiger charge is 2.01. The summed E-state index contributed by atoms with van der Waals surface area (Å²) in [4.78, 5) is 0. The monoisotopic (exact) mass is 160 g/mol. The zero-order valence-corrected chi connectivity index (χ0v) is 6.29. The molecule has 10 heavy (non-hydrogen) atoms. The second-order valence-corrected chi connectivity index (χ2v) is 1.91. The predicted octanol–water partition coefficient (Wildman–Crippen LogP) is 0.242. The summed E-state index contributed by atoms with van der Waals surface area (Å²) in [6, 6.07) is 0. The summed E-state index contributed by atoms with van der Waals surface area (Å²) in [7, 11) is 1.60. The highest BCUT2D eigenvalue weighted by molar-refractivity contribution is 6.71. The molecule has 5 N–H and O–H groups in total. The Morgan fingerprint density at radius 1 is 1.70 bits per heavy atom. The van der Waals surface area contributed by atoms with E-state index in [-0.39, 0.29) is 16.6 Å². The fraction of sp³-hybridized carbons (Fsp3) is 0.200. The van der Waals surface area contributed by atoms with Crippen LogP contribution in [0.1, 0.15) is 0 Å². The summed E-state index contributed by atoms with van der Waals surface area (Å²) in [5.74, 6) is 0.231. The van der Waals surface area contributed by atoms with Crippen LogP contribution in [0.5, 0.6) is 0 Å². The second kappa shape index (κ2) is 3.90. The lowest BCUT2D eigenvalue weighted by molar-refractivity contribution is 0.961. The van der Waals surface area contributed by atoms with Crippen LogP contribution in [0.3, 0.4) is 0 Å². The molecular weight excluding hydrogens is 152 g/mol. The first-order valence-corrected chi connectivity index (χ1v) is 2.93. The van der Waals surface area contributed by atoms with Crippen molar-refractivity contribution in [3.63, 3.8) is 0 Å². The largest absolute Gasteiger partial charge is 0.385 e. The number of nitrogens with one attached hydrogen (secondary N) is 3. The number of halogens is 1. The van der Waals surface area contributed by atoms with Gasteiger partial charge in [-0.25, -0.2) is 0 Å². The van der Waals surface area contributed by atoms with Crippen LogP contribution in [0, 0.1) is 10.8 Å². The van der Waals surface area contributed by atoms with Crippen LogP contribution in [0.4, 0.5) is 0 Å². The molecular formula is C5H9ClN4. The fourth-order valence-electron chi connectivity index (χ4n) is 0.394. The Kier molecular flexibility index (Phi) is 3.49. The average Bonchev–Trinajstić information content (AvgIpc) is 1.88. The van der Waals surface area contributed by atoms with Crippen molar-refractivity contribution < 1.29 is 0 Å². The highest BCUT2D eigenvalue weighted by atomic mass is 35.5. The van der Waals surface area contributed by atoms with Crippen LogP contribution < -0.4 is 11.1 Å². The van der Waals surface area contributed by atoms with Gasteiger partial charge in [-0.2, -0.15) is 0 Å². The Hall–Kier alpha value is -1.03. The van der Waals surface area contributed by atoms with Gasteiger partial charge in [-0.1, -0.05) is 11.6 Å². The lowest BCUT2D eigenvalue weighted by Gasteiger charge is -2.02. The molecule has 0 radical (unpaired) electrons. The molecule has 0 bridgehead atoms. The van der Waals surface area contributed by atoms with Gasteiger partial charge in [0.2, 0.25) is 0 Å². The number of allylic oxidation sites excluding steroid dienone is 1. The molecule has 0 rings (SSSR count). The Labute approximate surface area is 64.1 Å². The third-order valence-corrected chi connectivity index (χ3v) is 1.14. The zero-order chi connectivity index (χ0) is 8.15. The molecule has 0 saturated heterocycles. The van der Waals surface area contributed by atoms with Crippen molar-refractivity contribution in [2.75, 3.05) is 7.05 Å². The lowest BCUT2D eigenvalue weighted by Crippen LogP contribution is -2.20. The number of rotatable bonds is 3. The van der Waals surface area contributed by atoms with E-state index in [4.69, 9.17) is 28.2 Å². The van der Waals surface area contributed by atoms with E-state index in [1.807, 2.05) is 0 Å². The smallest absolute Gasteiger partial charge is 0.133 e. The van der Waals surface area contributed by atoms with Gasteiger partial charge in [0.15, 0.2) is 0 Å². The first kappa shape index (κ1) is 8.97. The fourth-order valence-corrected chi connectivity index (χ4v) is 0.550. The van der Waals surface area contributed by atoms with E-state index in [0.717, 1.165) is 6.21 Å². The zero-order valence-electron chi connectivity index (χ0n) is 5.53. The van der Waals surface area contributed by atoms with Gasteiger partial charge < -0.3 is 16.5 Å². The third kappa shape index (κ3) is 2.06. The summed E-state index contributed by atoms with van der Waals surface area (Å²) in [5.41, 5.74) is 5.52. The van der Waals surface area contributed by atoms with Gasteiger partial charge in [0, 0.05) is 13.3 Å². The van der Waals surface area contributed by atoms with Gasteiger partial charge in [-0.15, -0.1) is 0 Å². The Morgan fingerprint density at radius 2 is 2.20 bits per heavy atom. The SMILES string of the molecule is CN/C(N)=C(/C=N)C(=N)Cl. The van der Waals surface area contributed by atoms with Crippen LogP contribution in [-0.4, -0.2) is 18.4 Å². The predicted molar refractivity (Wildman–Crippen MR) is 42.6 cm³/mol. The van der Waals surface area contributed by atoms with Crippen molar-refractivity contribution in [2.45, 2.75) is 0 Å². The summed E-state index contributed by atoms with van der Waals surface area (Å²) in [5, 5.41) is 16.1. The van der Waals surface area contributed by atoms with Crippen LogP contribution in [0.15, 0.2) is 11.4 Å². The molecule has 0 aliphatic heterocycles. The molecule has 0 aliphatic rings. The van der Waals surface area contributed by atoms with Crippen molar-refractivity contribution in [1.82, 2.24) is 5.32 Å². The molecule has 0 aromatic rings. The minimum atomic E-state index is -0.234. The molecule has 56 valence electrons. The molecule has 0 aliphatic carbocycles. The molecule has 4 nitrogen and oxygen atoms in total. The van der Waals surface area contributed by atoms with Gasteiger partial charge in [-0.3, -0.25) is 5.41 Å². The normalized spacial score (nSPS) is 11.8. The van der Waals surface area contributed by atoms with E-state index in [2.05, 4.69) is 5.32 Å². The standard InChI is InChI=1S/C5H9ClN4/c1-10-5(9)3(2-7)4(6)8/h2,7-8,10H,9H2,1H3/b5-3-,7-2?,8-4?. The maximum Gasteiger partial charge on any atom is 0.133 e. The van der Waals surface area contributed by atoms with Crippen molar-refractivity contribution >= 4 is 23.0 Å². The maximum atomic E-state index is 6.92. The molecule has 0 unspecified atom stereocenters. The van der Waals surface area contributed by atoms with E-state index < -0.39 is 0 Å². The third-order valence-electron chi connectivity index (χ3n) is 0.940. The first-order chi connectivity index (χ1) is 4.63. The van der Waals surface area contributed by atoms with Crippen molar-refractivity contribution in [3.05, 3.63) is 11.4 Å². The second-order valence-electron chi connectivity index (χ2n) is 1.54. The van der Waals surface area contributed by atoms with Gasteiger partial charge in [0.05, 0.1) is 5.57 Å². The van der Waals surface area contributed by atoms with E-state index in [0.29, 0.717) is 0 Å².